The van der Waals surface area contributed by atoms with Crippen LogP contribution >= 0.6 is 0 Å². The van der Waals surface area contributed by atoms with E-state index >= 15 is 0 Å². The summed E-state index contributed by atoms with van der Waals surface area (Å²) in [6.07, 6.45) is 7.55. The van der Waals surface area contributed by atoms with Gasteiger partial charge < -0.3 is 9.84 Å². The predicted molar refractivity (Wildman–Crippen MR) is 133 cm³/mol. The molecule has 0 bridgehead atoms. The first-order valence-electron chi connectivity index (χ1n) is 11.9. The monoisotopic (exact) mass is 454 g/mol. The normalized spacial score (nSPS) is 16.8. The van der Waals surface area contributed by atoms with Gasteiger partial charge in [0.1, 0.15) is 17.3 Å². The predicted octanol–water partition coefficient (Wildman–Crippen LogP) is 7.98. The second-order valence-electron chi connectivity index (χ2n) is 9.12. The van der Waals surface area contributed by atoms with Gasteiger partial charge in [0, 0.05) is 0 Å². The van der Waals surface area contributed by atoms with Crippen LogP contribution in [-0.4, -0.2) is 11.1 Å². The van der Waals surface area contributed by atoms with Gasteiger partial charge in [-0.25, -0.2) is 4.39 Å². The maximum Gasteiger partial charge on any atom is 0.307 e. The van der Waals surface area contributed by atoms with Gasteiger partial charge in [-0.05, 0) is 88.2 Å². The molecule has 1 saturated carbocycles. The van der Waals surface area contributed by atoms with Crippen molar-refractivity contribution in [3.05, 3.63) is 101 Å². The number of fused-ring (bicyclic) bond motifs is 1. The van der Waals surface area contributed by atoms with E-state index < -0.39 is 5.97 Å². The standard InChI is InChI=1S/C30H27FO3/c31-22-13-14-25-26(17-21-9-6-12-24(15-21)34-23-10-2-1-3-11-23)27(16-20-7-4-5-8-20)29(19-30(32)33)28(25)18-22/h1-3,6,9-15,17-18,20H,4-5,7-8,16,19H2,(H,32,33)/b26-17+. The summed E-state index contributed by atoms with van der Waals surface area (Å²) in [5.41, 5.74) is 5.36. The van der Waals surface area contributed by atoms with Gasteiger partial charge in [0.2, 0.25) is 0 Å². The Labute approximate surface area is 199 Å². The summed E-state index contributed by atoms with van der Waals surface area (Å²) in [6, 6.07) is 22.2. The highest BCUT2D eigenvalue weighted by atomic mass is 19.1. The van der Waals surface area contributed by atoms with Crippen LogP contribution in [0.25, 0.3) is 17.2 Å². The molecule has 1 N–H and O–H groups in total. The van der Waals surface area contributed by atoms with E-state index in [0.29, 0.717) is 11.5 Å². The largest absolute Gasteiger partial charge is 0.481 e. The lowest BCUT2D eigenvalue weighted by molar-refractivity contribution is -0.135. The zero-order valence-electron chi connectivity index (χ0n) is 19.0. The molecular formula is C30H27FO3. The highest BCUT2D eigenvalue weighted by Gasteiger charge is 2.30. The summed E-state index contributed by atoms with van der Waals surface area (Å²) >= 11 is 0. The number of ether oxygens (including phenoxy) is 1. The number of carboxylic acid groups (broad SMARTS) is 1. The Bertz CT molecular complexity index is 1270. The second-order valence-corrected chi connectivity index (χ2v) is 9.12. The number of halogens is 1. The average Bonchev–Trinajstić information content (AvgIpc) is 3.42. The quantitative estimate of drug-likeness (QED) is 0.394. The third kappa shape index (κ3) is 4.81. The summed E-state index contributed by atoms with van der Waals surface area (Å²) in [4.78, 5) is 11.8. The fourth-order valence-corrected chi connectivity index (χ4v) is 5.20. The molecule has 0 spiro atoms. The van der Waals surface area contributed by atoms with E-state index in [-0.39, 0.29) is 12.2 Å². The topological polar surface area (TPSA) is 46.5 Å². The first-order chi connectivity index (χ1) is 16.6. The highest BCUT2D eigenvalue weighted by Crippen LogP contribution is 2.48. The van der Waals surface area contributed by atoms with Gasteiger partial charge in [0.15, 0.2) is 0 Å². The van der Waals surface area contributed by atoms with Crippen molar-refractivity contribution >= 4 is 23.2 Å². The first-order valence-corrected chi connectivity index (χ1v) is 11.9. The number of hydrogen-bond donors (Lipinski definition) is 1. The Morgan fingerprint density at radius 1 is 0.912 bits per heavy atom. The summed E-state index contributed by atoms with van der Waals surface area (Å²) < 4.78 is 20.2. The van der Waals surface area contributed by atoms with Crippen molar-refractivity contribution in [2.75, 3.05) is 0 Å². The Morgan fingerprint density at radius 3 is 2.44 bits per heavy atom. The maximum absolute atomic E-state index is 14.2. The summed E-state index contributed by atoms with van der Waals surface area (Å²) in [7, 11) is 0. The number of aliphatic carboxylic acids is 1. The third-order valence-corrected chi connectivity index (χ3v) is 6.73. The number of rotatable bonds is 7. The van der Waals surface area contributed by atoms with Crippen LogP contribution in [0.5, 0.6) is 11.5 Å². The molecule has 2 aliphatic carbocycles. The van der Waals surface area contributed by atoms with E-state index in [1.165, 1.54) is 25.0 Å². The summed E-state index contributed by atoms with van der Waals surface area (Å²) in [5.74, 6) is 0.786. The maximum atomic E-state index is 14.2. The van der Waals surface area contributed by atoms with Crippen LogP contribution in [0.1, 0.15) is 55.2 Å². The summed E-state index contributed by atoms with van der Waals surface area (Å²) in [6.45, 7) is 0. The number of carboxylic acids is 1. The molecule has 3 aromatic rings. The molecule has 2 aliphatic rings. The van der Waals surface area contributed by atoms with Crippen molar-refractivity contribution in [2.45, 2.75) is 38.5 Å². The molecule has 1 fully saturated rings. The van der Waals surface area contributed by atoms with Crippen molar-refractivity contribution in [3.8, 4) is 11.5 Å². The molecule has 0 saturated heterocycles. The van der Waals surface area contributed by atoms with Crippen LogP contribution in [0.3, 0.4) is 0 Å². The van der Waals surface area contributed by atoms with E-state index in [2.05, 4.69) is 6.08 Å². The number of hydrogen-bond acceptors (Lipinski definition) is 2. The van der Waals surface area contributed by atoms with Crippen LogP contribution in [0.15, 0.2) is 78.4 Å². The second kappa shape index (κ2) is 9.68. The smallest absolute Gasteiger partial charge is 0.307 e. The first kappa shape index (κ1) is 22.1. The highest BCUT2D eigenvalue weighted by molar-refractivity contribution is 6.08. The minimum Gasteiger partial charge on any atom is -0.481 e. The molecule has 3 nitrogen and oxygen atoms in total. The van der Waals surface area contributed by atoms with E-state index in [9.17, 15) is 14.3 Å². The third-order valence-electron chi connectivity index (χ3n) is 6.73. The van der Waals surface area contributed by atoms with Crippen LogP contribution < -0.4 is 4.74 Å². The molecule has 0 aromatic heterocycles. The lowest BCUT2D eigenvalue weighted by Gasteiger charge is -2.14. The van der Waals surface area contributed by atoms with E-state index in [0.717, 1.165) is 58.6 Å². The zero-order valence-corrected chi connectivity index (χ0v) is 19.0. The van der Waals surface area contributed by atoms with Crippen molar-refractivity contribution in [2.24, 2.45) is 5.92 Å². The van der Waals surface area contributed by atoms with Crippen molar-refractivity contribution in [1.29, 1.82) is 0 Å². The fourth-order valence-electron chi connectivity index (χ4n) is 5.20. The van der Waals surface area contributed by atoms with Gasteiger partial charge in [0.25, 0.3) is 0 Å². The lowest BCUT2D eigenvalue weighted by atomic mass is 9.90. The lowest BCUT2D eigenvalue weighted by Crippen LogP contribution is -2.01. The van der Waals surface area contributed by atoms with Gasteiger partial charge >= 0.3 is 5.97 Å². The molecule has 0 atom stereocenters. The van der Waals surface area contributed by atoms with Gasteiger partial charge in [-0.3, -0.25) is 4.79 Å². The molecule has 0 amide bonds. The molecule has 0 heterocycles. The number of benzene rings is 3. The van der Waals surface area contributed by atoms with Gasteiger partial charge in [0.05, 0.1) is 6.42 Å². The molecule has 0 radical (unpaired) electrons. The van der Waals surface area contributed by atoms with Crippen molar-refractivity contribution in [1.82, 2.24) is 0 Å². The van der Waals surface area contributed by atoms with E-state index in [4.69, 9.17) is 4.74 Å². The summed E-state index contributed by atoms with van der Waals surface area (Å²) in [5, 5.41) is 9.64. The zero-order chi connectivity index (χ0) is 23.5. The number of para-hydroxylation sites is 1. The Balaban J connectivity index is 1.57. The van der Waals surface area contributed by atoms with Crippen molar-refractivity contribution in [3.63, 3.8) is 0 Å². The van der Waals surface area contributed by atoms with Crippen LogP contribution in [0.2, 0.25) is 0 Å². The van der Waals surface area contributed by atoms with E-state index in [1.807, 2.05) is 54.6 Å². The van der Waals surface area contributed by atoms with Crippen LogP contribution in [0, 0.1) is 11.7 Å². The van der Waals surface area contributed by atoms with Gasteiger partial charge in [-0.1, -0.05) is 62.1 Å². The molecule has 172 valence electrons. The van der Waals surface area contributed by atoms with E-state index in [1.54, 1.807) is 6.07 Å². The number of allylic oxidation sites excluding steroid dienone is 2. The van der Waals surface area contributed by atoms with Gasteiger partial charge in [-0.15, -0.1) is 0 Å². The molecule has 3 aromatic carbocycles. The molecule has 5 rings (SSSR count). The average molecular weight is 455 g/mol. The fraction of sp³-hybridized carbons (Fsp3) is 0.233. The van der Waals surface area contributed by atoms with Crippen LogP contribution in [-0.2, 0) is 4.79 Å². The Morgan fingerprint density at radius 2 is 1.68 bits per heavy atom. The number of carbonyl (C=O) groups is 1. The SMILES string of the molecule is O=C(O)CC1=C(CC2CCCC2)/C(=C/c2cccc(Oc3ccccc3)c2)c2ccc(F)cc21. The molecular weight excluding hydrogens is 427 g/mol. The van der Waals surface area contributed by atoms with Gasteiger partial charge in [-0.2, -0.15) is 0 Å². The minimum absolute atomic E-state index is 0.104. The van der Waals surface area contributed by atoms with Crippen LogP contribution in [0.4, 0.5) is 4.39 Å². The molecule has 4 heteroatoms. The van der Waals surface area contributed by atoms with Crippen molar-refractivity contribution < 1.29 is 19.0 Å². The molecule has 0 aliphatic heterocycles. The minimum atomic E-state index is -0.895. The Kier molecular flexibility index (Phi) is 6.31. The molecule has 0 unspecified atom stereocenters. The Hall–Kier alpha value is -3.66. The molecule has 34 heavy (non-hydrogen) atoms.